The van der Waals surface area contributed by atoms with Gasteiger partial charge in [0.1, 0.15) is 5.75 Å². The summed E-state index contributed by atoms with van der Waals surface area (Å²) in [6, 6.07) is 10.7. The predicted molar refractivity (Wildman–Crippen MR) is 93.6 cm³/mol. The average molecular weight is 326 g/mol. The van der Waals surface area contributed by atoms with Crippen molar-refractivity contribution in [1.29, 1.82) is 0 Å². The van der Waals surface area contributed by atoms with Crippen LogP contribution in [-0.4, -0.2) is 36.3 Å². The third-order valence-corrected chi connectivity index (χ3v) is 4.21. The first-order valence-corrected chi connectivity index (χ1v) is 8.20. The second kappa shape index (κ2) is 7.29. The number of hydrogen-bond acceptors (Lipinski definition) is 5. The van der Waals surface area contributed by atoms with Crippen molar-refractivity contribution in [2.75, 3.05) is 30.4 Å². The van der Waals surface area contributed by atoms with Crippen LogP contribution in [0.5, 0.6) is 5.75 Å². The third kappa shape index (κ3) is 3.82. The minimum absolute atomic E-state index is 0.272. The molecule has 1 N–H and O–H groups in total. The highest BCUT2D eigenvalue weighted by Gasteiger charge is 2.18. The van der Waals surface area contributed by atoms with Gasteiger partial charge in [0.05, 0.1) is 7.11 Å². The molecule has 1 amide bonds. The first-order chi connectivity index (χ1) is 11.7. The topological polar surface area (TPSA) is 67.3 Å². The summed E-state index contributed by atoms with van der Waals surface area (Å²) in [6.45, 7) is 4.23. The van der Waals surface area contributed by atoms with Gasteiger partial charge in [0, 0.05) is 18.8 Å². The standard InChI is InChI=1S/C18H22N4O2/c1-13-4-3-11-22(12-13)17-10-9-16(20-21-17)18(23)19-14-5-7-15(24-2)8-6-14/h5-10,13H,3-4,11-12H2,1-2H3,(H,19,23). The van der Waals surface area contributed by atoms with E-state index in [9.17, 15) is 4.79 Å². The number of benzene rings is 1. The lowest BCUT2D eigenvalue weighted by Gasteiger charge is -2.31. The summed E-state index contributed by atoms with van der Waals surface area (Å²) in [5.74, 6) is 1.97. The molecule has 1 atom stereocenters. The summed E-state index contributed by atoms with van der Waals surface area (Å²) in [5.41, 5.74) is 0.996. The van der Waals surface area contributed by atoms with Crippen LogP contribution >= 0.6 is 0 Å². The van der Waals surface area contributed by atoms with E-state index in [1.54, 1.807) is 37.4 Å². The minimum Gasteiger partial charge on any atom is -0.497 e. The Hall–Kier alpha value is -2.63. The van der Waals surface area contributed by atoms with Gasteiger partial charge in [-0.15, -0.1) is 10.2 Å². The number of aromatic nitrogens is 2. The summed E-state index contributed by atoms with van der Waals surface area (Å²) in [7, 11) is 1.60. The summed E-state index contributed by atoms with van der Waals surface area (Å²) < 4.78 is 5.10. The Morgan fingerprint density at radius 1 is 1.21 bits per heavy atom. The number of hydrogen-bond donors (Lipinski definition) is 1. The fourth-order valence-electron chi connectivity index (χ4n) is 2.88. The van der Waals surface area contributed by atoms with Crippen LogP contribution in [0.3, 0.4) is 0 Å². The van der Waals surface area contributed by atoms with Gasteiger partial charge in [-0.3, -0.25) is 4.79 Å². The van der Waals surface area contributed by atoms with E-state index in [2.05, 4.69) is 27.3 Å². The van der Waals surface area contributed by atoms with Gasteiger partial charge in [-0.05, 0) is 55.2 Å². The van der Waals surface area contributed by atoms with Crippen molar-refractivity contribution in [3.8, 4) is 5.75 Å². The fourth-order valence-corrected chi connectivity index (χ4v) is 2.88. The number of rotatable bonds is 4. The van der Waals surface area contributed by atoms with E-state index in [0.29, 0.717) is 17.3 Å². The molecule has 0 saturated carbocycles. The molecule has 6 nitrogen and oxygen atoms in total. The number of carbonyl (C=O) groups excluding carboxylic acids is 1. The van der Waals surface area contributed by atoms with Crippen LogP contribution < -0.4 is 15.0 Å². The summed E-state index contributed by atoms with van der Waals surface area (Å²) in [6.07, 6.45) is 2.43. The van der Waals surface area contributed by atoms with Crippen molar-refractivity contribution >= 4 is 17.4 Å². The first-order valence-electron chi connectivity index (χ1n) is 8.20. The van der Waals surface area contributed by atoms with Gasteiger partial charge < -0.3 is 15.0 Å². The van der Waals surface area contributed by atoms with Gasteiger partial charge in [-0.2, -0.15) is 0 Å². The molecular weight excluding hydrogens is 304 g/mol. The number of carbonyl (C=O) groups is 1. The number of nitrogens with one attached hydrogen (secondary N) is 1. The van der Waals surface area contributed by atoms with E-state index < -0.39 is 0 Å². The first kappa shape index (κ1) is 16.2. The Morgan fingerprint density at radius 3 is 2.62 bits per heavy atom. The van der Waals surface area contributed by atoms with E-state index in [1.165, 1.54) is 12.8 Å². The van der Waals surface area contributed by atoms with Gasteiger partial charge in [-0.1, -0.05) is 6.92 Å². The Balaban J connectivity index is 1.64. The van der Waals surface area contributed by atoms with Crippen LogP contribution in [0.25, 0.3) is 0 Å². The van der Waals surface area contributed by atoms with Crippen LogP contribution in [0.1, 0.15) is 30.3 Å². The Morgan fingerprint density at radius 2 is 2.00 bits per heavy atom. The molecule has 0 radical (unpaired) electrons. The molecular formula is C18H22N4O2. The molecule has 24 heavy (non-hydrogen) atoms. The van der Waals surface area contributed by atoms with Crippen LogP contribution in [0.15, 0.2) is 36.4 Å². The van der Waals surface area contributed by atoms with Crippen molar-refractivity contribution in [2.45, 2.75) is 19.8 Å². The van der Waals surface area contributed by atoms with E-state index in [0.717, 1.165) is 24.7 Å². The maximum Gasteiger partial charge on any atom is 0.276 e. The van der Waals surface area contributed by atoms with Crippen LogP contribution in [0.2, 0.25) is 0 Å². The highest BCUT2D eigenvalue weighted by atomic mass is 16.5. The van der Waals surface area contributed by atoms with E-state index in [4.69, 9.17) is 4.74 Å². The highest BCUT2D eigenvalue weighted by Crippen LogP contribution is 2.21. The van der Waals surface area contributed by atoms with Crippen LogP contribution in [0, 0.1) is 5.92 Å². The second-order valence-electron chi connectivity index (χ2n) is 6.15. The predicted octanol–water partition coefficient (Wildman–Crippen LogP) is 2.97. The molecule has 1 unspecified atom stereocenters. The molecule has 1 aliphatic rings. The number of ether oxygens (including phenoxy) is 1. The largest absolute Gasteiger partial charge is 0.497 e. The number of anilines is 2. The monoisotopic (exact) mass is 326 g/mol. The number of amides is 1. The zero-order valence-corrected chi connectivity index (χ0v) is 14.0. The molecule has 6 heteroatoms. The van der Waals surface area contributed by atoms with Crippen molar-refractivity contribution in [2.24, 2.45) is 5.92 Å². The average Bonchev–Trinajstić information content (AvgIpc) is 2.62. The van der Waals surface area contributed by atoms with Crippen LogP contribution in [-0.2, 0) is 0 Å². The van der Waals surface area contributed by atoms with Gasteiger partial charge in [0.2, 0.25) is 0 Å². The molecule has 1 fully saturated rings. The number of methoxy groups -OCH3 is 1. The zero-order valence-electron chi connectivity index (χ0n) is 14.0. The Labute approximate surface area is 141 Å². The molecule has 1 aromatic heterocycles. The molecule has 126 valence electrons. The molecule has 1 saturated heterocycles. The second-order valence-corrected chi connectivity index (χ2v) is 6.15. The number of piperidine rings is 1. The molecule has 2 heterocycles. The minimum atomic E-state index is -0.272. The quantitative estimate of drug-likeness (QED) is 0.935. The summed E-state index contributed by atoms with van der Waals surface area (Å²) >= 11 is 0. The number of nitrogens with zero attached hydrogens (tertiary/aromatic N) is 3. The molecule has 3 rings (SSSR count). The molecule has 0 bridgehead atoms. The fraction of sp³-hybridized carbons (Fsp3) is 0.389. The maximum absolute atomic E-state index is 12.2. The molecule has 0 aliphatic carbocycles. The molecule has 1 aromatic carbocycles. The van der Waals surface area contributed by atoms with Gasteiger partial charge in [0.15, 0.2) is 11.5 Å². The third-order valence-electron chi connectivity index (χ3n) is 4.21. The smallest absolute Gasteiger partial charge is 0.276 e. The lowest BCUT2D eigenvalue weighted by molar-refractivity contribution is 0.102. The molecule has 2 aromatic rings. The van der Waals surface area contributed by atoms with E-state index >= 15 is 0 Å². The zero-order chi connectivity index (χ0) is 16.9. The molecule has 0 spiro atoms. The van der Waals surface area contributed by atoms with E-state index in [-0.39, 0.29) is 5.91 Å². The summed E-state index contributed by atoms with van der Waals surface area (Å²) in [5, 5.41) is 11.1. The summed E-state index contributed by atoms with van der Waals surface area (Å²) in [4.78, 5) is 14.5. The van der Waals surface area contributed by atoms with Crippen molar-refractivity contribution in [1.82, 2.24) is 10.2 Å². The lowest BCUT2D eigenvalue weighted by Crippen LogP contribution is -2.35. The SMILES string of the molecule is COc1ccc(NC(=O)c2ccc(N3CCCC(C)C3)nn2)cc1. The van der Waals surface area contributed by atoms with Crippen molar-refractivity contribution in [3.05, 3.63) is 42.1 Å². The van der Waals surface area contributed by atoms with Gasteiger partial charge in [0.25, 0.3) is 5.91 Å². The lowest BCUT2D eigenvalue weighted by atomic mass is 10.0. The normalized spacial score (nSPS) is 17.4. The van der Waals surface area contributed by atoms with E-state index in [1.807, 2.05) is 6.07 Å². The van der Waals surface area contributed by atoms with Crippen LogP contribution in [0.4, 0.5) is 11.5 Å². The Bertz CT molecular complexity index is 685. The van der Waals surface area contributed by atoms with Crippen molar-refractivity contribution < 1.29 is 9.53 Å². The van der Waals surface area contributed by atoms with Gasteiger partial charge >= 0.3 is 0 Å². The van der Waals surface area contributed by atoms with Gasteiger partial charge in [-0.25, -0.2) is 0 Å². The Kier molecular flexibility index (Phi) is 4.93. The van der Waals surface area contributed by atoms with Crippen molar-refractivity contribution in [3.63, 3.8) is 0 Å². The maximum atomic E-state index is 12.2. The highest BCUT2D eigenvalue weighted by molar-refractivity contribution is 6.02. The molecule has 1 aliphatic heterocycles.